The molecule has 0 rings (SSSR count). The fourth-order valence-corrected chi connectivity index (χ4v) is 1.88. The highest BCUT2D eigenvalue weighted by Crippen LogP contribution is 2.06. The SMILES string of the molecule is CN=C(NCCCNC(=O)OC(C)(C)C)NCCCSC. The second-order valence-electron chi connectivity index (χ2n) is 5.55. The van der Waals surface area contributed by atoms with E-state index in [1.165, 1.54) is 0 Å². The molecule has 0 aromatic heterocycles. The van der Waals surface area contributed by atoms with E-state index in [9.17, 15) is 4.79 Å². The van der Waals surface area contributed by atoms with E-state index in [0.29, 0.717) is 6.54 Å². The number of carbonyl (C=O) groups is 1. The second kappa shape index (κ2) is 11.5. The summed E-state index contributed by atoms with van der Waals surface area (Å²) in [6, 6.07) is 0. The van der Waals surface area contributed by atoms with Crippen LogP contribution in [-0.2, 0) is 4.74 Å². The number of guanidine groups is 1. The Bertz CT molecular complexity index is 317. The van der Waals surface area contributed by atoms with E-state index in [4.69, 9.17) is 4.74 Å². The molecule has 1 amide bonds. The zero-order chi connectivity index (χ0) is 16.1. The lowest BCUT2D eigenvalue weighted by atomic mass is 10.2. The molecule has 7 heteroatoms. The van der Waals surface area contributed by atoms with Crippen LogP contribution >= 0.6 is 11.8 Å². The molecular weight excluding hydrogens is 288 g/mol. The molecule has 0 radical (unpaired) electrons. The number of carbonyl (C=O) groups excluding carboxylic acids is 1. The summed E-state index contributed by atoms with van der Waals surface area (Å²) in [5.74, 6) is 1.94. The van der Waals surface area contributed by atoms with Crippen LogP contribution in [0.2, 0.25) is 0 Å². The molecule has 6 nitrogen and oxygen atoms in total. The van der Waals surface area contributed by atoms with Crippen LogP contribution in [0.1, 0.15) is 33.6 Å². The summed E-state index contributed by atoms with van der Waals surface area (Å²) in [6.45, 7) is 7.78. The van der Waals surface area contributed by atoms with Crippen molar-refractivity contribution >= 4 is 23.8 Å². The first-order valence-electron chi connectivity index (χ1n) is 7.29. The number of ether oxygens (including phenoxy) is 1. The predicted molar refractivity (Wildman–Crippen MR) is 91.2 cm³/mol. The highest BCUT2D eigenvalue weighted by Gasteiger charge is 2.15. The predicted octanol–water partition coefficient (Wildman–Crippen LogP) is 1.82. The summed E-state index contributed by atoms with van der Waals surface area (Å²) in [4.78, 5) is 15.6. The van der Waals surface area contributed by atoms with Gasteiger partial charge in [0, 0.05) is 26.7 Å². The molecule has 0 heterocycles. The Labute approximate surface area is 132 Å². The molecule has 0 saturated carbocycles. The first kappa shape index (κ1) is 19.9. The maximum Gasteiger partial charge on any atom is 0.407 e. The van der Waals surface area contributed by atoms with Gasteiger partial charge in [-0.1, -0.05) is 0 Å². The zero-order valence-corrected chi connectivity index (χ0v) is 14.7. The molecule has 0 atom stereocenters. The Morgan fingerprint density at radius 2 is 1.67 bits per heavy atom. The van der Waals surface area contributed by atoms with E-state index < -0.39 is 5.60 Å². The molecule has 0 saturated heterocycles. The maximum absolute atomic E-state index is 11.4. The molecule has 0 aliphatic heterocycles. The summed E-state index contributed by atoms with van der Waals surface area (Å²) < 4.78 is 5.15. The third-order valence-corrected chi connectivity index (χ3v) is 3.05. The van der Waals surface area contributed by atoms with Crippen molar-refractivity contribution in [1.82, 2.24) is 16.0 Å². The minimum atomic E-state index is -0.453. The van der Waals surface area contributed by atoms with Crippen LogP contribution < -0.4 is 16.0 Å². The molecule has 0 bridgehead atoms. The number of thioether (sulfide) groups is 1. The number of amides is 1. The molecule has 0 fully saturated rings. The van der Waals surface area contributed by atoms with Crippen molar-refractivity contribution in [3.8, 4) is 0 Å². The van der Waals surface area contributed by atoms with Gasteiger partial charge in [0.05, 0.1) is 0 Å². The first-order chi connectivity index (χ1) is 9.89. The Morgan fingerprint density at radius 3 is 2.19 bits per heavy atom. The fraction of sp³-hybridized carbons (Fsp3) is 0.857. The first-order valence-corrected chi connectivity index (χ1v) is 8.68. The standard InChI is InChI=1S/C14H30N4O2S/c1-14(2,3)20-13(19)18-9-6-8-16-12(15-4)17-10-7-11-21-5/h6-11H2,1-5H3,(H,18,19)(H2,15,16,17). The van der Waals surface area contributed by atoms with Crippen molar-refractivity contribution in [3.05, 3.63) is 0 Å². The quantitative estimate of drug-likeness (QED) is 0.362. The van der Waals surface area contributed by atoms with Crippen LogP contribution in [0, 0.1) is 0 Å². The Kier molecular flexibility index (Phi) is 10.9. The van der Waals surface area contributed by atoms with Gasteiger partial charge < -0.3 is 20.7 Å². The summed E-state index contributed by atoms with van der Waals surface area (Å²) in [7, 11) is 1.75. The maximum atomic E-state index is 11.4. The van der Waals surface area contributed by atoms with Crippen LogP contribution in [-0.4, -0.2) is 56.3 Å². The number of hydrogen-bond donors (Lipinski definition) is 3. The van der Waals surface area contributed by atoms with Gasteiger partial charge in [0.2, 0.25) is 0 Å². The summed E-state index contributed by atoms with van der Waals surface area (Å²) in [6.07, 6.45) is 3.65. The smallest absolute Gasteiger partial charge is 0.407 e. The monoisotopic (exact) mass is 318 g/mol. The molecule has 0 unspecified atom stereocenters. The third-order valence-electron chi connectivity index (χ3n) is 2.36. The van der Waals surface area contributed by atoms with Gasteiger partial charge in [0.25, 0.3) is 0 Å². The van der Waals surface area contributed by atoms with Crippen molar-refractivity contribution in [2.24, 2.45) is 4.99 Å². The molecule has 0 spiro atoms. The molecule has 0 aromatic rings. The minimum absolute atomic E-state index is 0.373. The van der Waals surface area contributed by atoms with E-state index in [0.717, 1.165) is 37.6 Å². The topological polar surface area (TPSA) is 74.8 Å². The molecule has 0 aliphatic rings. The molecule has 3 N–H and O–H groups in total. The molecule has 0 aromatic carbocycles. The molecule has 21 heavy (non-hydrogen) atoms. The number of hydrogen-bond acceptors (Lipinski definition) is 4. The number of nitrogens with zero attached hydrogens (tertiary/aromatic N) is 1. The van der Waals surface area contributed by atoms with Gasteiger partial charge in [0.15, 0.2) is 5.96 Å². The Morgan fingerprint density at radius 1 is 1.10 bits per heavy atom. The Balaban J connectivity index is 3.62. The number of aliphatic imine (C=N–C) groups is 1. The molecule has 0 aliphatic carbocycles. The van der Waals surface area contributed by atoms with Crippen LogP contribution in [0.4, 0.5) is 4.79 Å². The van der Waals surface area contributed by atoms with Crippen molar-refractivity contribution in [3.63, 3.8) is 0 Å². The van der Waals surface area contributed by atoms with Crippen LogP contribution in [0.25, 0.3) is 0 Å². The zero-order valence-electron chi connectivity index (χ0n) is 13.9. The fourth-order valence-electron chi connectivity index (χ4n) is 1.44. The largest absolute Gasteiger partial charge is 0.444 e. The molecule has 124 valence electrons. The van der Waals surface area contributed by atoms with Crippen molar-refractivity contribution in [1.29, 1.82) is 0 Å². The van der Waals surface area contributed by atoms with Gasteiger partial charge in [-0.05, 0) is 45.6 Å². The van der Waals surface area contributed by atoms with E-state index in [1.54, 1.807) is 7.05 Å². The van der Waals surface area contributed by atoms with Gasteiger partial charge in [-0.3, -0.25) is 4.99 Å². The average molecular weight is 318 g/mol. The second-order valence-corrected chi connectivity index (χ2v) is 6.54. The van der Waals surface area contributed by atoms with Gasteiger partial charge in [0.1, 0.15) is 5.60 Å². The lowest BCUT2D eigenvalue weighted by molar-refractivity contribution is 0.0527. The van der Waals surface area contributed by atoms with Crippen LogP contribution in [0.15, 0.2) is 4.99 Å². The highest BCUT2D eigenvalue weighted by atomic mass is 32.2. The van der Waals surface area contributed by atoms with E-state index in [2.05, 4.69) is 27.2 Å². The number of alkyl carbamates (subject to hydrolysis) is 1. The normalized spacial score (nSPS) is 12.0. The van der Waals surface area contributed by atoms with Crippen LogP contribution in [0.3, 0.4) is 0 Å². The van der Waals surface area contributed by atoms with E-state index >= 15 is 0 Å². The van der Waals surface area contributed by atoms with Gasteiger partial charge in [-0.15, -0.1) is 0 Å². The summed E-state index contributed by atoms with van der Waals surface area (Å²) in [5.41, 5.74) is -0.453. The van der Waals surface area contributed by atoms with Gasteiger partial charge in [-0.2, -0.15) is 11.8 Å². The highest BCUT2D eigenvalue weighted by molar-refractivity contribution is 7.98. The third kappa shape index (κ3) is 13.6. The van der Waals surface area contributed by atoms with Gasteiger partial charge >= 0.3 is 6.09 Å². The number of rotatable bonds is 8. The lowest BCUT2D eigenvalue weighted by Crippen LogP contribution is -2.39. The van der Waals surface area contributed by atoms with Crippen molar-refractivity contribution in [2.75, 3.05) is 38.7 Å². The minimum Gasteiger partial charge on any atom is -0.444 e. The molecular formula is C14H30N4O2S. The van der Waals surface area contributed by atoms with Gasteiger partial charge in [-0.25, -0.2) is 4.79 Å². The summed E-state index contributed by atoms with van der Waals surface area (Å²) in [5, 5.41) is 9.18. The van der Waals surface area contributed by atoms with Crippen LogP contribution in [0.5, 0.6) is 0 Å². The lowest BCUT2D eigenvalue weighted by Gasteiger charge is -2.19. The van der Waals surface area contributed by atoms with E-state index in [1.807, 2.05) is 32.5 Å². The average Bonchev–Trinajstić information content (AvgIpc) is 2.38. The van der Waals surface area contributed by atoms with Crippen molar-refractivity contribution < 1.29 is 9.53 Å². The van der Waals surface area contributed by atoms with Crippen molar-refractivity contribution in [2.45, 2.75) is 39.2 Å². The Hall–Kier alpha value is -1.11. The number of nitrogens with one attached hydrogen (secondary N) is 3. The van der Waals surface area contributed by atoms with E-state index in [-0.39, 0.29) is 6.09 Å². The summed E-state index contributed by atoms with van der Waals surface area (Å²) >= 11 is 1.84.